The summed E-state index contributed by atoms with van der Waals surface area (Å²) in [5, 5.41) is 3.07. The van der Waals surface area contributed by atoms with Gasteiger partial charge in [0, 0.05) is 32.3 Å². The van der Waals surface area contributed by atoms with Gasteiger partial charge < -0.3 is 20.5 Å². The topological polar surface area (TPSA) is 73.6 Å². The average molecular weight is 335 g/mol. The Labute approximate surface area is 140 Å². The summed E-state index contributed by atoms with van der Waals surface area (Å²) in [4.78, 5) is 12.4. The molecule has 2 aliphatic rings. The Morgan fingerprint density at radius 1 is 1.27 bits per heavy atom. The van der Waals surface area contributed by atoms with Crippen LogP contribution in [0.15, 0.2) is 0 Å². The molecule has 2 aliphatic heterocycles. The van der Waals surface area contributed by atoms with Crippen molar-refractivity contribution in [2.75, 3.05) is 26.4 Å². The summed E-state index contributed by atoms with van der Waals surface area (Å²) in [7, 11) is 0. The van der Waals surface area contributed by atoms with Crippen LogP contribution < -0.4 is 11.1 Å². The van der Waals surface area contributed by atoms with Gasteiger partial charge in [-0.25, -0.2) is 0 Å². The molecule has 0 aromatic rings. The van der Waals surface area contributed by atoms with E-state index < -0.39 is 5.54 Å². The van der Waals surface area contributed by atoms with Gasteiger partial charge in [0.1, 0.15) is 0 Å². The molecule has 5 nitrogen and oxygen atoms in total. The molecule has 0 aromatic heterocycles. The van der Waals surface area contributed by atoms with E-state index in [1.165, 1.54) is 0 Å². The molecule has 3 N–H and O–H groups in total. The normalized spacial score (nSPS) is 28.5. The first-order valence-corrected chi connectivity index (χ1v) is 8.09. The molecule has 2 saturated heterocycles. The molecule has 0 radical (unpaired) electrons. The molecule has 0 aliphatic carbocycles. The second-order valence-electron chi connectivity index (χ2n) is 7.54. The van der Waals surface area contributed by atoms with E-state index in [0.29, 0.717) is 38.5 Å². The predicted molar refractivity (Wildman–Crippen MR) is 89.1 cm³/mol. The van der Waals surface area contributed by atoms with E-state index >= 15 is 0 Å². The van der Waals surface area contributed by atoms with Gasteiger partial charge >= 0.3 is 0 Å². The minimum Gasteiger partial charge on any atom is -0.381 e. The fourth-order valence-electron chi connectivity index (χ4n) is 3.37. The third-order valence-electron chi connectivity index (χ3n) is 4.66. The lowest BCUT2D eigenvalue weighted by Gasteiger charge is -2.41. The molecule has 2 rings (SSSR count). The monoisotopic (exact) mass is 334 g/mol. The van der Waals surface area contributed by atoms with Crippen LogP contribution in [0.25, 0.3) is 0 Å². The summed E-state index contributed by atoms with van der Waals surface area (Å²) >= 11 is 0. The third-order valence-corrected chi connectivity index (χ3v) is 4.66. The zero-order valence-corrected chi connectivity index (χ0v) is 14.8. The number of halogens is 1. The van der Waals surface area contributed by atoms with Crippen molar-refractivity contribution in [1.29, 1.82) is 0 Å². The highest BCUT2D eigenvalue weighted by molar-refractivity contribution is 5.86. The predicted octanol–water partition coefficient (Wildman–Crippen LogP) is 1.87. The maximum absolute atomic E-state index is 12.4. The lowest BCUT2D eigenvalue weighted by atomic mass is 9.78. The maximum atomic E-state index is 12.4. The molecule has 2 unspecified atom stereocenters. The van der Waals surface area contributed by atoms with Gasteiger partial charge in [0.15, 0.2) is 0 Å². The van der Waals surface area contributed by atoms with E-state index in [9.17, 15) is 4.79 Å². The summed E-state index contributed by atoms with van der Waals surface area (Å²) in [5.74, 6) is 0.329. The summed E-state index contributed by atoms with van der Waals surface area (Å²) in [6, 6.07) is 0. The highest BCUT2D eigenvalue weighted by Crippen LogP contribution is 2.33. The third kappa shape index (κ3) is 4.82. The molecule has 2 heterocycles. The second kappa shape index (κ2) is 7.95. The molecule has 130 valence electrons. The number of hydrogen-bond donors (Lipinski definition) is 2. The molecule has 0 bridgehead atoms. The molecular weight excluding hydrogens is 304 g/mol. The zero-order valence-electron chi connectivity index (χ0n) is 14.0. The largest absolute Gasteiger partial charge is 0.381 e. The standard InChI is InChI=1S/C16H30N2O3.ClH/c1-15(2,3)13-12(5-4-8-21-13)11-18-14(19)16(17)6-9-20-10-7-16;/h12-13H,4-11,17H2,1-3H3,(H,18,19);1H. The van der Waals surface area contributed by atoms with E-state index in [1.54, 1.807) is 0 Å². The number of nitrogens with one attached hydrogen (secondary N) is 1. The molecule has 0 spiro atoms. The summed E-state index contributed by atoms with van der Waals surface area (Å²) in [6.07, 6.45) is 3.55. The molecule has 2 fully saturated rings. The van der Waals surface area contributed by atoms with Gasteiger partial charge in [-0.15, -0.1) is 12.4 Å². The first-order chi connectivity index (χ1) is 9.83. The molecule has 0 saturated carbocycles. The van der Waals surface area contributed by atoms with Crippen LogP contribution in [0.2, 0.25) is 0 Å². The fourth-order valence-corrected chi connectivity index (χ4v) is 3.37. The fraction of sp³-hybridized carbons (Fsp3) is 0.938. The second-order valence-corrected chi connectivity index (χ2v) is 7.54. The Morgan fingerprint density at radius 3 is 2.50 bits per heavy atom. The number of rotatable bonds is 3. The Bertz CT molecular complexity index is 365. The lowest BCUT2D eigenvalue weighted by Crippen LogP contribution is -2.58. The molecule has 6 heteroatoms. The van der Waals surface area contributed by atoms with Crippen molar-refractivity contribution in [2.45, 2.75) is 58.1 Å². The van der Waals surface area contributed by atoms with Crippen molar-refractivity contribution in [2.24, 2.45) is 17.1 Å². The number of carbonyl (C=O) groups excluding carboxylic acids is 1. The van der Waals surface area contributed by atoms with Crippen LogP contribution >= 0.6 is 12.4 Å². The van der Waals surface area contributed by atoms with Gasteiger partial charge in [0.25, 0.3) is 0 Å². The molecular formula is C16H31ClN2O3. The minimum absolute atomic E-state index is 0. The smallest absolute Gasteiger partial charge is 0.240 e. The minimum atomic E-state index is -0.759. The molecule has 0 aromatic carbocycles. The van der Waals surface area contributed by atoms with E-state index in [4.69, 9.17) is 15.2 Å². The summed E-state index contributed by atoms with van der Waals surface area (Å²) in [6.45, 7) is 9.20. The quantitative estimate of drug-likeness (QED) is 0.826. The van der Waals surface area contributed by atoms with Crippen molar-refractivity contribution in [3.8, 4) is 0 Å². The lowest BCUT2D eigenvalue weighted by molar-refractivity contribution is -0.131. The van der Waals surface area contributed by atoms with Gasteiger partial charge in [0.2, 0.25) is 5.91 Å². The van der Waals surface area contributed by atoms with Gasteiger partial charge in [0.05, 0.1) is 11.6 Å². The van der Waals surface area contributed by atoms with Crippen molar-refractivity contribution in [3.63, 3.8) is 0 Å². The van der Waals surface area contributed by atoms with Crippen molar-refractivity contribution in [3.05, 3.63) is 0 Å². The van der Waals surface area contributed by atoms with Gasteiger partial charge in [-0.1, -0.05) is 20.8 Å². The maximum Gasteiger partial charge on any atom is 0.240 e. The van der Waals surface area contributed by atoms with Crippen LogP contribution in [-0.4, -0.2) is 43.9 Å². The average Bonchev–Trinajstić information content (AvgIpc) is 2.45. The van der Waals surface area contributed by atoms with Crippen molar-refractivity contribution < 1.29 is 14.3 Å². The van der Waals surface area contributed by atoms with Crippen molar-refractivity contribution in [1.82, 2.24) is 5.32 Å². The highest BCUT2D eigenvalue weighted by Gasteiger charge is 2.38. The van der Waals surface area contributed by atoms with Crippen LogP contribution in [0.4, 0.5) is 0 Å². The zero-order chi connectivity index (χ0) is 15.5. The molecule has 22 heavy (non-hydrogen) atoms. The van der Waals surface area contributed by atoms with Crippen LogP contribution in [0.1, 0.15) is 46.5 Å². The molecule has 2 atom stereocenters. The first-order valence-electron chi connectivity index (χ1n) is 8.09. The Balaban J connectivity index is 0.00000242. The van der Waals surface area contributed by atoms with Crippen LogP contribution in [0.5, 0.6) is 0 Å². The number of hydrogen-bond acceptors (Lipinski definition) is 4. The summed E-state index contributed by atoms with van der Waals surface area (Å²) < 4.78 is 11.2. The SMILES string of the molecule is CC(C)(C)C1OCCCC1CNC(=O)C1(N)CCOCC1.Cl. The van der Waals surface area contributed by atoms with E-state index in [1.807, 2.05) is 0 Å². The number of ether oxygens (including phenoxy) is 2. The Kier molecular flexibility index (Phi) is 7.12. The Hall–Kier alpha value is -0.360. The van der Waals surface area contributed by atoms with E-state index in [2.05, 4.69) is 26.1 Å². The number of amides is 1. The van der Waals surface area contributed by atoms with Gasteiger partial charge in [-0.05, 0) is 31.1 Å². The number of carbonyl (C=O) groups is 1. The Morgan fingerprint density at radius 2 is 1.91 bits per heavy atom. The van der Waals surface area contributed by atoms with Crippen LogP contribution in [-0.2, 0) is 14.3 Å². The molecule has 1 amide bonds. The van der Waals surface area contributed by atoms with Crippen molar-refractivity contribution >= 4 is 18.3 Å². The van der Waals surface area contributed by atoms with Crippen LogP contribution in [0, 0.1) is 11.3 Å². The first kappa shape index (κ1) is 19.7. The van der Waals surface area contributed by atoms with Crippen LogP contribution in [0.3, 0.4) is 0 Å². The van der Waals surface area contributed by atoms with E-state index in [-0.39, 0.29) is 29.8 Å². The van der Waals surface area contributed by atoms with Gasteiger partial charge in [-0.3, -0.25) is 4.79 Å². The van der Waals surface area contributed by atoms with E-state index in [0.717, 1.165) is 19.4 Å². The number of nitrogens with two attached hydrogens (primary N) is 1. The highest BCUT2D eigenvalue weighted by atomic mass is 35.5. The summed E-state index contributed by atoms with van der Waals surface area (Å²) in [5.41, 5.74) is 5.55. The van der Waals surface area contributed by atoms with Gasteiger partial charge in [-0.2, -0.15) is 0 Å².